The van der Waals surface area contributed by atoms with E-state index in [0.717, 1.165) is 11.1 Å². The Hall–Kier alpha value is -2.08. The number of hydrogen-bond donors (Lipinski definition) is 1. The highest BCUT2D eigenvalue weighted by Crippen LogP contribution is 2.48. The molecule has 80 valence electrons. The van der Waals surface area contributed by atoms with E-state index in [1.807, 2.05) is 30.3 Å². The molecule has 1 saturated carbocycles. The fraction of sp³-hybridized carbons (Fsp3) is 0.231. The van der Waals surface area contributed by atoms with Crippen molar-refractivity contribution in [1.82, 2.24) is 0 Å². The van der Waals surface area contributed by atoms with Crippen molar-refractivity contribution >= 4 is 12.0 Å². The normalized spacial score (nSPS) is 16.9. The van der Waals surface area contributed by atoms with Gasteiger partial charge in [0.25, 0.3) is 0 Å². The summed E-state index contributed by atoms with van der Waals surface area (Å²) in [6.45, 7) is 0. The highest BCUT2D eigenvalue weighted by molar-refractivity contribution is 5.85. The van der Waals surface area contributed by atoms with Gasteiger partial charge in [-0.1, -0.05) is 24.3 Å². The van der Waals surface area contributed by atoms with E-state index in [9.17, 15) is 4.79 Å². The Bertz CT molecular complexity index is 493. The van der Waals surface area contributed by atoms with Gasteiger partial charge >= 0.3 is 5.97 Å². The average molecular weight is 213 g/mol. The summed E-state index contributed by atoms with van der Waals surface area (Å²) in [5.41, 5.74) is 1.03. The van der Waals surface area contributed by atoms with Gasteiger partial charge in [0.2, 0.25) is 0 Å². The predicted octanol–water partition coefficient (Wildman–Crippen LogP) is 2.34. The lowest BCUT2D eigenvalue weighted by atomic mass is 9.94. The highest BCUT2D eigenvalue weighted by atomic mass is 16.4. The number of carboxylic acid groups (broad SMARTS) is 1. The molecule has 0 aliphatic heterocycles. The van der Waals surface area contributed by atoms with Gasteiger partial charge in [0.1, 0.15) is 0 Å². The van der Waals surface area contributed by atoms with Crippen molar-refractivity contribution in [2.75, 3.05) is 0 Å². The molecule has 1 aromatic carbocycles. The first kappa shape index (κ1) is 10.4. The zero-order chi connectivity index (χ0) is 11.6. The summed E-state index contributed by atoms with van der Waals surface area (Å²) >= 11 is 0. The third-order valence-electron chi connectivity index (χ3n) is 2.95. The summed E-state index contributed by atoms with van der Waals surface area (Å²) in [5, 5.41) is 17.6. The van der Waals surface area contributed by atoms with Crippen LogP contribution in [0, 0.1) is 11.3 Å². The van der Waals surface area contributed by atoms with Crippen LogP contribution in [0.5, 0.6) is 0 Å². The Morgan fingerprint density at radius 3 is 2.81 bits per heavy atom. The van der Waals surface area contributed by atoms with E-state index in [-0.39, 0.29) is 0 Å². The largest absolute Gasteiger partial charge is 0.481 e. The first-order valence-electron chi connectivity index (χ1n) is 5.09. The molecule has 2 rings (SSSR count). The molecule has 0 spiro atoms. The fourth-order valence-corrected chi connectivity index (χ4v) is 1.82. The highest BCUT2D eigenvalue weighted by Gasteiger charge is 2.51. The van der Waals surface area contributed by atoms with E-state index in [1.165, 1.54) is 6.08 Å². The molecule has 1 aliphatic rings. The molecule has 0 unspecified atom stereocenters. The molecule has 16 heavy (non-hydrogen) atoms. The Morgan fingerprint density at radius 1 is 1.50 bits per heavy atom. The second-order valence-electron chi connectivity index (χ2n) is 3.98. The van der Waals surface area contributed by atoms with Gasteiger partial charge in [-0.2, -0.15) is 5.26 Å². The number of hydrogen-bond acceptors (Lipinski definition) is 2. The van der Waals surface area contributed by atoms with Crippen LogP contribution in [0.15, 0.2) is 30.3 Å². The van der Waals surface area contributed by atoms with Crippen molar-refractivity contribution in [3.05, 3.63) is 41.5 Å². The molecule has 1 fully saturated rings. The number of nitriles is 1. The predicted molar refractivity (Wildman–Crippen MR) is 59.6 cm³/mol. The van der Waals surface area contributed by atoms with E-state index < -0.39 is 11.4 Å². The van der Waals surface area contributed by atoms with Crippen LogP contribution in [0.4, 0.5) is 0 Å². The number of benzene rings is 1. The molecular formula is C13H11NO2. The lowest BCUT2D eigenvalue weighted by molar-refractivity contribution is -0.140. The van der Waals surface area contributed by atoms with Crippen molar-refractivity contribution in [2.24, 2.45) is 0 Å². The third-order valence-corrected chi connectivity index (χ3v) is 2.95. The molecule has 3 nitrogen and oxygen atoms in total. The molecular weight excluding hydrogens is 202 g/mol. The van der Waals surface area contributed by atoms with Crippen LogP contribution in [0.25, 0.3) is 6.08 Å². The quantitative estimate of drug-likeness (QED) is 0.784. The molecule has 0 saturated heterocycles. The summed E-state index contributed by atoms with van der Waals surface area (Å²) in [7, 11) is 0. The van der Waals surface area contributed by atoms with Gasteiger partial charge in [0.15, 0.2) is 0 Å². The molecule has 1 aliphatic carbocycles. The smallest absolute Gasteiger partial charge is 0.314 e. The number of carboxylic acids is 1. The molecule has 0 amide bonds. The van der Waals surface area contributed by atoms with Crippen LogP contribution >= 0.6 is 0 Å². The van der Waals surface area contributed by atoms with Crippen LogP contribution in [-0.2, 0) is 10.2 Å². The van der Waals surface area contributed by atoms with Gasteiger partial charge in [-0.15, -0.1) is 0 Å². The first-order chi connectivity index (χ1) is 7.69. The van der Waals surface area contributed by atoms with Gasteiger partial charge < -0.3 is 5.11 Å². The van der Waals surface area contributed by atoms with Gasteiger partial charge in [-0.25, -0.2) is 0 Å². The van der Waals surface area contributed by atoms with E-state index in [0.29, 0.717) is 12.8 Å². The molecule has 0 heterocycles. The second-order valence-corrected chi connectivity index (χ2v) is 3.98. The SMILES string of the molecule is N#CC=Cc1cccc(C2(C(=O)O)CC2)c1. The van der Waals surface area contributed by atoms with Gasteiger partial charge in [-0.3, -0.25) is 4.79 Å². The monoisotopic (exact) mass is 213 g/mol. The molecule has 1 aromatic rings. The first-order valence-corrected chi connectivity index (χ1v) is 5.09. The van der Waals surface area contributed by atoms with E-state index in [2.05, 4.69) is 0 Å². The van der Waals surface area contributed by atoms with Crippen LogP contribution < -0.4 is 0 Å². The summed E-state index contributed by atoms with van der Waals surface area (Å²) in [5.74, 6) is -0.756. The minimum absolute atomic E-state index is 0.670. The molecule has 3 heteroatoms. The number of aliphatic carboxylic acids is 1. The van der Waals surface area contributed by atoms with Crippen molar-refractivity contribution < 1.29 is 9.90 Å². The number of nitrogens with zero attached hydrogens (tertiary/aromatic N) is 1. The maximum Gasteiger partial charge on any atom is 0.314 e. The topological polar surface area (TPSA) is 61.1 Å². The summed E-state index contributed by atoms with van der Waals surface area (Å²) in [6, 6.07) is 9.28. The van der Waals surface area contributed by atoms with Gasteiger partial charge in [0.05, 0.1) is 11.5 Å². The third kappa shape index (κ3) is 1.70. The van der Waals surface area contributed by atoms with E-state index >= 15 is 0 Å². The van der Waals surface area contributed by atoms with E-state index in [4.69, 9.17) is 10.4 Å². The van der Waals surface area contributed by atoms with Crippen LogP contribution in [0.3, 0.4) is 0 Å². The Balaban J connectivity index is 2.34. The molecule has 0 atom stereocenters. The zero-order valence-electron chi connectivity index (χ0n) is 8.68. The van der Waals surface area contributed by atoms with Crippen molar-refractivity contribution in [3.8, 4) is 6.07 Å². The van der Waals surface area contributed by atoms with Crippen LogP contribution in [-0.4, -0.2) is 11.1 Å². The standard InChI is InChI=1S/C13H11NO2/c14-8-2-4-10-3-1-5-11(9-10)13(6-7-13)12(15)16/h1-5,9H,6-7H2,(H,15,16). The maximum atomic E-state index is 11.1. The Morgan fingerprint density at radius 2 is 2.25 bits per heavy atom. The average Bonchev–Trinajstić information content (AvgIpc) is 3.08. The molecule has 0 bridgehead atoms. The number of carbonyl (C=O) groups is 1. The van der Waals surface area contributed by atoms with Gasteiger partial charge in [-0.05, 0) is 30.0 Å². The minimum Gasteiger partial charge on any atom is -0.481 e. The molecule has 0 aromatic heterocycles. The molecule has 1 N–H and O–H groups in total. The summed E-state index contributed by atoms with van der Waals surface area (Å²) < 4.78 is 0. The van der Waals surface area contributed by atoms with Crippen LogP contribution in [0.1, 0.15) is 24.0 Å². The Labute approximate surface area is 93.6 Å². The fourth-order valence-electron chi connectivity index (χ4n) is 1.82. The summed E-state index contributed by atoms with van der Waals surface area (Å²) in [6.07, 6.45) is 4.47. The van der Waals surface area contributed by atoms with Crippen molar-refractivity contribution in [3.63, 3.8) is 0 Å². The van der Waals surface area contributed by atoms with E-state index in [1.54, 1.807) is 6.08 Å². The van der Waals surface area contributed by atoms with Gasteiger partial charge in [0, 0.05) is 6.08 Å². The van der Waals surface area contributed by atoms with Crippen molar-refractivity contribution in [2.45, 2.75) is 18.3 Å². The lowest BCUT2D eigenvalue weighted by Crippen LogP contribution is -2.19. The maximum absolute atomic E-state index is 11.1. The Kier molecular flexibility index (Phi) is 2.49. The van der Waals surface area contributed by atoms with Crippen molar-refractivity contribution in [1.29, 1.82) is 5.26 Å². The number of rotatable bonds is 3. The minimum atomic E-state index is -0.756. The zero-order valence-corrected chi connectivity index (χ0v) is 8.68. The lowest BCUT2D eigenvalue weighted by Gasteiger charge is -2.10. The van der Waals surface area contributed by atoms with Crippen LogP contribution in [0.2, 0.25) is 0 Å². The summed E-state index contributed by atoms with van der Waals surface area (Å²) in [4.78, 5) is 11.1. The number of allylic oxidation sites excluding steroid dienone is 1. The second kappa shape index (κ2) is 3.82. The molecule has 0 radical (unpaired) electrons.